The summed E-state index contributed by atoms with van der Waals surface area (Å²) in [7, 11) is 0. The van der Waals surface area contributed by atoms with Gasteiger partial charge in [-0.2, -0.15) is 18.3 Å². The van der Waals surface area contributed by atoms with Crippen LogP contribution in [0.15, 0.2) is 10.7 Å². The second kappa shape index (κ2) is 6.33. The van der Waals surface area contributed by atoms with Crippen molar-refractivity contribution in [3.8, 4) is 0 Å². The second-order valence-electron chi connectivity index (χ2n) is 6.49. The highest BCUT2D eigenvalue weighted by Gasteiger charge is 2.38. The summed E-state index contributed by atoms with van der Waals surface area (Å²) in [6, 6.07) is 0.580. The fraction of sp³-hybridized carbons (Fsp3) is 0.714. The Morgan fingerprint density at radius 2 is 1.87 bits per heavy atom. The Bertz CT molecular complexity index is 573. The van der Waals surface area contributed by atoms with Crippen LogP contribution in [-0.4, -0.2) is 39.5 Å². The average Bonchev–Trinajstić information content (AvgIpc) is 2.79. The zero-order chi connectivity index (χ0) is 17.4. The van der Waals surface area contributed by atoms with Crippen molar-refractivity contribution >= 4 is 22.0 Å². The van der Waals surface area contributed by atoms with E-state index in [1.165, 1.54) is 4.90 Å². The number of carbonyl (C=O) groups excluding carboxylic acids is 1. The molecule has 1 fully saturated rings. The highest BCUT2D eigenvalue weighted by Crippen LogP contribution is 2.35. The molecule has 1 aromatic heterocycles. The molecule has 0 atom stereocenters. The van der Waals surface area contributed by atoms with E-state index in [1.807, 2.05) is 0 Å². The van der Waals surface area contributed by atoms with Gasteiger partial charge in [-0.05, 0) is 49.5 Å². The predicted molar refractivity (Wildman–Crippen MR) is 81.0 cm³/mol. The molecule has 23 heavy (non-hydrogen) atoms. The van der Waals surface area contributed by atoms with Crippen molar-refractivity contribution in [2.24, 2.45) is 0 Å². The Labute approximate surface area is 140 Å². The first-order chi connectivity index (χ1) is 10.5. The number of likely N-dealkylation sites (tertiary alicyclic amines) is 1. The van der Waals surface area contributed by atoms with Crippen molar-refractivity contribution in [2.45, 2.75) is 51.4 Å². The van der Waals surface area contributed by atoms with Crippen molar-refractivity contribution in [3.05, 3.63) is 16.4 Å². The smallest absolute Gasteiger partial charge is 0.433 e. The topological polar surface area (TPSA) is 47.4 Å². The fourth-order valence-corrected chi connectivity index (χ4v) is 2.86. The number of nitrogens with zero attached hydrogens (tertiary/aromatic N) is 3. The number of hydrogen-bond donors (Lipinski definition) is 0. The third-order valence-corrected chi connectivity index (χ3v) is 3.85. The molecule has 1 aliphatic rings. The molecule has 2 rings (SSSR count). The van der Waals surface area contributed by atoms with Crippen molar-refractivity contribution in [1.29, 1.82) is 0 Å². The molecule has 0 bridgehead atoms. The summed E-state index contributed by atoms with van der Waals surface area (Å²) in [6.07, 6.45) is -4.09. The summed E-state index contributed by atoms with van der Waals surface area (Å²) in [6.45, 7) is 6.00. The highest BCUT2D eigenvalue weighted by atomic mass is 79.9. The molecule has 1 aromatic rings. The molecule has 0 spiro atoms. The number of hydrogen-bond acceptors (Lipinski definition) is 3. The van der Waals surface area contributed by atoms with Crippen LogP contribution in [0.5, 0.6) is 0 Å². The van der Waals surface area contributed by atoms with Crippen LogP contribution in [0.2, 0.25) is 0 Å². The molecular weight excluding hydrogens is 379 g/mol. The lowest BCUT2D eigenvalue weighted by Crippen LogP contribution is -2.42. The van der Waals surface area contributed by atoms with Crippen LogP contribution in [0.25, 0.3) is 0 Å². The normalized spacial score (nSPS) is 17.4. The third-order valence-electron chi connectivity index (χ3n) is 3.46. The van der Waals surface area contributed by atoms with E-state index in [0.717, 1.165) is 10.7 Å². The van der Waals surface area contributed by atoms with Crippen LogP contribution in [0, 0.1) is 0 Å². The van der Waals surface area contributed by atoms with Gasteiger partial charge >= 0.3 is 12.3 Å². The Kier molecular flexibility index (Phi) is 4.98. The molecule has 2 heterocycles. The molecular formula is C14H19BrF3N3O2. The number of rotatable bonds is 1. The molecule has 9 heteroatoms. The Hall–Kier alpha value is -1.25. The molecule has 130 valence electrons. The molecule has 0 aliphatic carbocycles. The van der Waals surface area contributed by atoms with E-state index in [0.29, 0.717) is 25.9 Å². The van der Waals surface area contributed by atoms with Gasteiger partial charge in [0.15, 0.2) is 0 Å². The number of piperidine rings is 1. The van der Waals surface area contributed by atoms with Gasteiger partial charge in [-0.25, -0.2) is 4.79 Å². The molecule has 0 radical (unpaired) electrons. The first-order valence-electron chi connectivity index (χ1n) is 7.27. The Balaban J connectivity index is 2.04. The van der Waals surface area contributed by atoms with Gasteiger partial charge in [0.05, 0.1) is 6.04 Å². The molecule has 0 aromatic carbocycles. The van der Waals surface area contributed by atoms with Gasteiger partial charge in [-0.15, -0.1) is 0 Å². The largest absolute Gasteiger partial charge is 0.444 e. The molecule has 0 unspecified atom stereocenters. The predicted octanol–water partition coefficient (Wildman–Crippen LogP) is 4.24. The standard InChI is InChI=1S/C14H19BrF3N3O2/c1-13(2,3)23-12(22)20-6-4-9(5-7-20)21-10(14(16,17)18)8-11(15)19-21/h8-9H,4-7H2,1-3H3. The lowest BCUT2D eigenvalue weighted by Gasteiger charge is -2.34. The molecule has 5 nitrogen and oxygen atoms in total. The zero-order valence-corrected chi connectivity index (χ0v) is 14.7. The summed E-state index contributed by atoms with van der Waals surface area (Å²) in [5.41, 5.74) is -1.37. The minimum absolute atomic E-state index is 0.152. The van der Waals surface area contributed by atoms with E-state index in [2.05, 4.69) is 21.0 Å². The van der Waals surface area contributed by atoms with Crippen LogP contribution >= 0.6 is 15.9 Å². The molecule has 1 amide bonds. The fourth-order valence-electron chi connectivity index (χ4n) is 2.47. The van der Waals surface area contributed by atoms with Crippen LogP contribution in [-0.2, 0) is 10.9 Å². The number of aromatic nitrogens is 2. The molecule has 0 saturated carbocycles. The van der Waals surface area contributed by atoms with E-state index in [-0.39, 0.29) is 4.60 Å². The number of ether oxygens (including phenoxy) is 1. The van der Waals surface area contributed by atoms with Gasteiger partial charge < -0.3 is 9.64 Å². The lowest BCUT2D eigenvalue weighted by atomic mass is 10.1. The van der Waals surface area contributed by atoms with E-state index in [4.69, 9.17) is 4.74 Å². The van der Waals surface area contributed by atoms with Crippen LogP contribution in [0.3, 0.4) is 0 Å². The summed E-state index contributed by atoms with van der Waals surface area (Å²) in [4.78, 5) is 13.5. The lowest BCUT2D eigenvalue weighted by molar-refractivity contribution is -0.145. The van der Waals surface area contributed by atoms with Gasteiger partial charge in [-0.1, -0.05) is 0 Å². The zero-order valence-electron chi connectivity index (χ0n) is 13.2. The Morgan fingerprint density at radius 1 is 1.30 bits per heavy atom. The summed E-state index contributed by atoms with van der Waals surface area (Å²) in [5, 5.41) is 3.91. The van der Waals surface area contributed by atoms with E-state index in [1.54, 1.807) is 20.8 Å². The highest BCUT2D eigenvalue weighted by molar-refractivity contribution is 9.10. The maximum atomic E-state index is 13.0. The minimum Gasteiger partial charge on any atom is -0.444 e. The van der Waals surface area contributed by atoms with Gasteiger partial charge in [-0.3, -0.25) is 4.68 Å². The quantitative estimate of drug-likeness (QED) is 0.711. The number of alkyl halides is 3. The first kappa shape index (κ1) is 18.1. The average molecular weight is 398 g/mol. The number of halogens is 4. The SMILES string of the molecule is CC(C)(C)OC(=O)N1CCC(n2nc(Br)cc2C(F)(F)F)CC1. The monoisotopic (exact) mass is 397 g/mol. The summed E-state index contributed by atoms with van der Waals surface area (Å²) in [5.74, 6) is 0. The van der Waals surface area contributed by atoms with Crippen LogP contribution in [0.1, 0.15) is 45.3 Å². The summed E-state index contributed by atoms with van der Waals surface area (Å²) < 4.78 is 45.6. The van der Waals surface area contributed by atoms with Crippen LogP contribution in [0.4, 0.5) is 18.0 Å². The van der Waals surface area contributed by atoms with Gasteiger partial charge in [0.1, 0.15) is 15.9 Å². The van der Waals surface area contributed by atoms with Gasteiger partial charge in [0, 0.05) is 19.2 Å². The number of amides is 1. The van der Waals surface area contributed by atoms with Crippen molar-refractivity contribution in [2.75, 3.05) is 13.1 Å². The van der Waals surface area contributed by atoms with E-state index >= 15 is 0 Å². The molecule has 1 aliphatic heterocycles. The van der Waals surface area contributed by atoms with Crippen LogP contribution < -0.4 is 0 Å². The van der Waals surface area contributed by atoms with E-state index < -0.39 is 29.6 Å². The van der Waals surface area contributed by atoms with Crippen molar-refractivity contribution in [1.82, 2.24) is 14.7 Å². The van der Waals surface area contributed by atoms with Gasteiger partial charge in [0.2, 0.25) is 0 Å². The van der Waals surface area contributed by atoms with Crippen molar-refractivity contribution < 1.29 is 22.7 Å². The van der Waals surface area contributed by atoms with Gasteiger partial charge in [0.25, 0.3) is 0 Å². The Morgan fingerprint density at radius 3 is 2.35 bits per heavy atom. The maximum Gasteiger partial charge on any atom is 0.433 e. The second-order valence-corrected chi connectivity index (χ2v) is 7.31. The van der Waals surface area contributed by atoms with E-state index in [9.17, 15) is 18.0 Å². The molecule has 1 saturated heterocycles. The minimum atomic E-state index is -4.46. The molecule has 0 N–H and O–H groups in total. The maximum absolute atomic E-state index is 13.0. The third kappa shape index (κ3) is 4.62. The summed E-state index contributed by atoms with van der Waals surface area (Å²) >= 11 is 2.99. The number of carbonyl (C=O) groups is 1. The van der Waals surface area contributed by atoms with Crippen molar-refractivity contribution in [3.63, 3.8) is 0 Å². The first-order valence-corrected chi connectivity index (χ1v) is 8.07.